The molecule has 2 N–H and O–H groups in total. The maximum Gasteiger partial charge on any atom is 0.191 e. The van der Waals surface area contributed by atoms with Crippen molar-refractivity contribution >= 4 is 15.8 Å². The quantitative estimate of drug-likeness (QED) is 0.434. The van der Waals surface area contributed by atoms with Crippen LogP contribution < -0.4 is 10.6 Å². The molecule has 0 aromatic rings. The molecular weight excluding hydrogens is 338 g/mol. The van der Waals surface area contributed by atoms with Crippen molar-refractivity contribution in [2.75, 3.05) is 31.2 Å². The van der Waals surface area contributed by atoms with Gasteiger partial charge in [-0.2, -0.15) is 0 Å². The lowest BCUT2D eigenvalue weighted by molar-refractivity contribution is -0.106. The van der Waals surface area contributed by atoms with Crippen LogP contribution in [0.3, 0.4) is 0 Å². The van der Waals surface area contributed by atoms with Crippen molar-refractivity contribution in [3.63, 3.8) is 0 Å². The largest absolute Gasteiger partial charge is 0.377 e. The number of fused-ring (bicyclic) bond motifs is 1. The van der Waals surface area contributed by atoms with Crippen LogP contribution in [0.2, 0.25) is 0 Å². The lowest BCUT2D eigenvalue weighted by atomic mass is 9.57. The summed E-state index contributed by atoms with van der Waals surface area (Å²) in [5, 5.41) is 6.95. The summed E-state index contributed by atoms with van der Waals surface area (Å²) in [6.45, 7) is 12.4. The standard InChI is InChI=1S/C18H31N3O3S/c1-12(2)9-19-17(20-10-13-6-8-25(22,23)11-13)21-15-14-5-7-24-16(14)18(15,3)4/h13-16H,1,5-11H2,2-4H3,(H2,19,20,21). The minimum Gasteiger partial charge on any atom is -0.377 e. The molecule has 1 aliphatic carbocycles. The molecule has 3 fully saturated rings. The fourth-order valence-electron chi connectivity index (χ4n) is 4.41. The highest BCUT2D eigenvalue weighted by Gasteiger charge is 2.59. The molecule has 2 saturated heterocycles. The van der Waals surface area contributed by atoms with E-state index < -0.39 is 9.84 Å². The van der Waals surface area contributed by atoms with Gasteiger partial charge in [0, 0.05) is 30.5 Å². The van der Waals surface area contributed by atoms with Gasteiger partial charge in [0.2, 0.25) is 0 Å². The van der Waals surface area contributed by atoms with E-state index in [2.05, 4.69) is 36.1 Å². The number of nitrogens with one attached hydrogen (secondary N) is 2. The first-order chi connectivity index (χ1) is 11.7. The van der Waals surface area contributed by atoms with E-state index in [-0.39, 0.29) is 17.1 Å². The molecule has 4 unspecified atom stereocenters. The Morgan fingerprint density at radius 2 is 2.12 bits per heavy atom. The zero-order valence-electron chi connectivity index (χ0n) is 15.5. The maximum atomic E-state index is 11.6. The molecule has 1 saturated carbocycles. The Kier molecular flexibility index (Phi) is 5.17. The van der Waals surface area contributed by atoms with Crippen LogP contribution in [0, 0.1) is 17.3 Å². The van der Waals surface area contributed by atoms with Crippen molar-refractivity contribution in [3.05, 3.63) is 12.2 Å². The van der Waals surface area contributed by atoms with Crippen LogP contribution in [-0.4, -0.2) is 57.7 Å². The number of ether oxygens (including phenoxy) is 1. The average Bonchev–Trinajstić information content (AvgIpc) is 3.11. The molecule has 142 valence electrons. The van der Waals surface area contributed by atoms with Gasteiger partial charge in [0.25, 0.3) is 0 Å². The molecule has 4 atom stereocenters. The van der Waals surface area contributed by atoms with Crippen molar-refractivity contribution in [1.29, 1.82) is 0 Å². The fraction of sp³-hybridized carbons (Fsp3) is 0.833. The van der Waals surface area contributed by atoms with Crippen LogP contribution in [-0.2, 0) is 14.6 Å². The molecule has 25 heavy (non-hydrogen) atoms. The number of hydrogen-bond donors (Lipinski definition) is 2. The van der Waals surface area contributed by atoms with Gasteiger partial charge in [-0.25, -0.2) is 13.4 Å². The predicted molar refractivity (Wildman–Crippen MR) is 100 cm³/mol. The van der Waals surface area contributed by atoms with E-state index in [9.17, 15) is 8.42 Å². The van der Waals surface area contributed by atoms with Crippen LogP contribution in [0.1, 0.15) is 33.6 Å². The van der Waals surface area contributed by atoms with Crippen molar-refractivity contribution in [3.8, 4) is 0 Å². The molecule has 2 heterocycles. The molecule has 0 radical (unpaired) electrons. The summed E-state index contributed by atoms with van der Waals surface area (Å²) >= 11 is 0. The third kappa shape index (κ3) is 4.03. The molecule has 3 aliphatic rings. The van der Waals surface area contributed by atoms with Gasteiger partial charge < -0.3 is 15.4 Å². The second-order valence-corrected chi connectivity index (χ2v) is 10.7. The highest BCUT2D eigenvalue weighted by molar-refractivity contribution is 7.91. The van der Waals surface area contributed by atoms with Crippen molar-refractivity contribution in [2.24, 2.45) is 22.2 Å². The van der Waals surface area contributed by atoms with Gasteiger partial charge in [-0.15, -0.1) is 0 Å². The molecule has 0 bridgehead atoms. The van der Waals surface area contributed by atoms with Crippen LogP contribution in [0.5, 0.6) is 0 Å². The van der Waals surface area contributed by atoms with Crippen LogP contribution in [0.15, 0.2) is 17.1 Å². The molecule has 0 aromatic carbocycles. The molecule has 3 rings (SSSR count). The topological polar surface area (TPSA) is 79.8 Å². The van der Waals surface area contributed by atoms with Crippen LogP contribution >= 0.6 is 0 Å². The third-order valence-corrected chi connectivity index (χ3v) is 7.62. The molecule has 0 amide bonds. The second kappa shape index (κ2) is 6.91. The zero-order chi connectivity index (χ0) is 18.2. The molecule has 0 spiro atoms. The molecule has 7 heteroatoms. The fourth-order valence-corrected chi connectivity index (χ4v) is 6.27. The lowest BCUT2D eigenvalue weighted by Gasteiger charge is -2.55. The number of rotatable bonds is 5. The Bertz CT molecular complexity index is 656. The summed E-state index contributed by atoms with van der Waals surface area (Å²) in [6.07, 6.45) is 2.14. The van der Waals surface area contributed by atoms with Gasteiger partial charge in [0.05, 0.1) is 24.2 Å². The Morgan fingerprint density at radius 3 is 2.76 bits per heavy atom. The summed E-state index contributed by atoms with van der Waals surface area (Å²) in [6, 6.07) is 0.323. The highest BCUT2D eigenvalue weighted by Crippen LogP contribution is 2.52. The van der Waals surface area contributed by atoms with E-state index >= 15 is 0 Å². The Labute approximate surface area is 151 Å². The van der Waals surface area contributed by atoms with Crippen molar-refractivity contribution in [1.82, 2.24) is 10.6 Å². The molecular formula is C18H31N3O3S. The van der Waals surface area contributed by atoms with Crippen molar-refractivity contribution < 1.29 is 13.2 Å². The summed E-state index contributed by atoms with van der Waals surface area (Å²) in [5.74, 6) is 2.04. The van der Waals surface area contributed by atoms with E-state index in [1.54, 1.807) is 0 Å². The first-order valence-corrected chi connectivity index (χ1v) is 11.0. The first kappa shape index (κ1) is 18.7. The smallest absolute Gasteiger partial charge is 0.191 e. The van der Waals surface area contributed by atoms with E-state index in [0.717, 1.165) is 31.0 Å². The molecule has 6 nitrogen and oxygen atoms in total. The SMILES string of the molecule is C=C(C)CN=C(NCC1CCS(=O)(=O)C1)NC1C2CCOC2C1(C)C. The summed E-state index contributed by atoms with van der Waals surface area (Å²) in [4.78, 5) is 4.63. The number of hydrogen-bond acceptors (Lipinski definition) is 4. The lowest BCUT2D eigenvalue weighted by Crippen LogP contribution is -2.68. The summed E-state index contributed by atoms with van der Waals surface area (Å²) in [5.41, 5.74) is 1.07. The van der Waals surface area contributed by atoms with E-state index in [1.165, 1.54) is 0 Å². The van der Waals surface area contributed by atoms with Gasteiger partial charge in [0.1, 0.15) is 0 Å². The Balaban J connectivity index is 1.62. The summed E-state index contributed by atoms with van der Waals surface area (Å²) < 4.78 is 29.1. The van der Waals surface area contributed by atoms with Crippen molar-refractivity contribution in [2.45, 2.75) is 45.8 Å². The van der Waals surface area contributed by atoms with Gasteiger partial charge in [-0.3, -0.25) is 0 Å². The van der Waals surface area contributed by atoms with E-state index in [4.69, 9.17) is 4.74 Å². The van der Waals surface area contributed by atoms with E-state index in [1.807, 2.05) is 6.92 Å². The Morgan fingerprint density at radius 1 is 1.36 bits per heavy atom. The summed E-state index contributed by atoms with van der Waals surface area (Å²) in [7, 11) is -2.85. The monoisotopic (exact) mass is 369 g/mol. The minimum absolute atomic E-state index is 0.0730. The predicted octanol–water partition coefficient (Wildman–Crippen LogP) is 1.35. The number of guanidine groups is 1. The average molecular weight is 370 g/mol. The van der Waals surface area contributed by atoms with Crippen LogP contribution in [0.4, 0.5) is 0 Å². The molecule has 0 aromatic heterocycles. The Hall–Kier alpha value is -1.08. The number of aliphatic imine (C=N–C) groups is 1. The third-order valence-electron chi connectivity index (χ3n) is 5.78. The van der Waals surface area contributed by atoms with Gasteiger partial charge >= 0.3 is 0 Å². The second-order valence-electron chi connectivity index (χ2n) is 8.46. The van der Waals surface area contributed by atoms with Gasteiger partial charge in [-0.05, 0) is 25.7 Å². The van der Waals surface area contributed by atoms with Crippen LogP contribution in [0.25, 0.3) is 0 Å². The molecule has 2 aliphatic heterocycles. The van der Waals surface area contributed by atoms with Gasteiger partial charge in [-0.1, -0.05) is 26.0 Å². The first-order valence-electron chi connectivity index (χ1n) is 9.20. The zero-order valence-corrected chi connectivity index (χ0v) is 16.4. The highest BCUT2D eigenvalue weighted by atomic mass is 32.2. The van der Waals surface area contributed by atoms with E-state index in [0.29, 0.717) is 36.9 Å². The van der Waals surface area contributed by atoms with Gasteiger partial charge in [0.15, 0.2) is 15.8 Å². The maximum absolute atomic E-state index is 11.6. The number of sulfone groups is 1. The minimum atomic E-state index is -2.85. The normalized spacial score (nSPS) is 35.7. The number of nitrogens with zero attached hydrogens (tertiary/aromatic N) is 1.